The molecule has 6 aromatic heterocycles. The van der Waals surface area contributed by atoms with Gasteiger partial charge in [-0.25, -0.2) is 29.9 Å². The van der Waals surface area contributed by atoms with Crippen molar-refractivity contribution in [3.05, 3.63) is 219 Å². The van der Waals surface area contributed by atoms with E-state index in [4.69, 9.17) is 49.8 Å². The van der Waals surface area contributed by atoms with Crippen molar-refractivity contribution in [2.45, 2.75) is 19.6 Å². The summed E-state index contributed by atoms with van der Waals surface area (Å²) in [5, 5.41) is 1.68. The van der Waals surface area contributed by atoms with Gasteiger partial charge in [-0.3, -0.25) is 19.9 Å². The van der Waals surface area contributed by atoms with E-state index in [0.29, 0.717) is 57.7 Å². The smallest absolute Gasteiger partial charge is 0.182 e. The lowest BCUT2D eigenvalue weighted by Crippen LogP contribution is -2.16. The van der Waals surface area contributed by atoms with Crippen LogP contribution < -0.4 is 9.80 Å². The predicted molar refractivity (Wildman–Crippen MR) is 292 cm³/mol. The first-order valence-electron chi connectivity index (χ1n) is 23.8. The number of para-hydroxylation sites is 4. The van der Waals surface area contributed by atoms with E-state index in [1.807, 2.05) is 72.8 Å². The Morgan fingerprint density at radius 2 is 0.541 bits per heavy atom. The average Bonchev–Trinajstić information content (AvgIpc) is 3.48. The average molecular weight is 989 g/mol. The minimum absolute atomic E-state index is 0.407. The van der Waals surface area contributed by atoms with Gasteiger partial charge in [-0.2, -0.15) is 0 Å². The monoisotopic (exact) mass is 988 g/mol. The largest absolute Gasteiger partial charge is 0.308 e. The van der Waals surface area contributed by atoms with E-state index in [1.165, 1.54) is 0 Å². The molecule has 348 valence electrons. The fourth-order valence-corrected chi connectivity index (χ4v) is 11.6. The first kappa shape index (κ1) is 43.3. The van der Waals surface area contributed by atoms with Gasteiger partial charge in [-0.15, -0.1) is 0 Å². The number of hydrogen-bond acceptors (Lipinski definition) is 14. The number of rotatable bonds is 8. The zero-order valence-electron chi connectivity index (χ0n) is 39.0. The molecule has 12 aromatic rings. The first-order chi connectivity index (χ1) is 36.7. The van der Waals surface area contributed by atoms with Gasteiger partial charge in [-0.1, -0.05) is 96.3 Å². The van der Waals surface area contributed by atoms with E-state index < -0.39 is 0 Å². The normalized spacial score (nSPS) is 12.4. The maximum Gasteiger partial charge on any atom is 0.182 e. The summed E-state index contributed by atoms with van der Waals surface area (Å²) in [5.41, 5.74) is 9.74. The van der Waals surface area contributed by atoms with Gasteiger partial charge in [0.2, 0.25) is 0 Å². The zero-order valence-corrected chi connectivity index (χ0v) is 40.6. The lowest BCUT2D eigenvalue weighted by atomic mass is 9.95. The van der Waals surface area contributed by atoms with Crippen LogP contribution in [0.5, 0.6) is 0 Å². The summed E-state index contributed by atoms with van der Waals surface area (Å²) < 4.78 is 0. The van der Waals surface area contributed by atoms with Crippen molar-refractivity contribution in [2.75, 3.05) is 9.80 Å². The molecule has 14 rings (SSSR count). The lowest BCUT2D eigenvalue weighted by Gasteiger charge is -2.34. The number of anilines is 6. The molecule has 0 bridgehead atoms. The molecule has 8 heterocycles. The molecule has 6 aromatic carbocycles. The third-order valence-corrected chi connectivity index (χ3v) is 15.0. The van der Waals surface area contributed by atoms with E-state index in [-0.39, 0.29) is 0 Å². The standard InChI is InChI=1S/C60H36N12S2/c1-5-25-51-47(21-1)71(48-22-2-6-26-52(48)73-51)37-33-39-40(41(35-37)55-65-57(43-17-9-13-29-61-43)69-58(66-55)44-18-10-14-30-62-44)34-38(72-49-23-3-7-27-53(49)74-54-28-8-4-24-50(54)72)36-42(39)56-67-59(45-19-11-15-31-63-45)70-60(68-56)46-20-12-16-32-64-46/h1-36H. The van der Waals surface area contributed by atoms with Crippen LogP contribution >= 0.6 is 23.5 Å². The SMILES string of the molecule is c1ccc(-c2nc(-c3ccccn3)nc(-c3cc(N4c5ccccc5Sc5ccccc54)cc4c(-c5nc(-c6ccccn6)nc(-c6ccccn6)n5)cc(N5c6ccccc6Sc6ccccc65)cc34)n2)nc1. The van der Waals surface area contributed by atoms with Crippen LogP contribution in [-0.2, 0) is 0 Å². The second kappa shape index (κ2) is 18.3. The number of nitrogens with zero attached hydrogens (tertiary/aromatic N) is 12. The Morgan fingerprint density at radius 1 is 0.270 bits per heavy atom. The molecule has 2 aliphatic rings. The molecule has 12 nitrogen and oxygen atoms in total. The van der Waals surface area contributed by atoms with Crippen LogP contribution in [0.15, 0.2) is 238 Å². The van der Waals surface area contributed by atoms with E-state index >= 15 is 0 Å². The third kappa shape index (κ3) is 7.76. The van der Waals surface area contributed by atoms with Crippen molar-refractivity contribution < 1.29 is 0 Å². The summed E-state index contributed by atoms with van der Waals surface area (Å²) in [7, 11) is 0. The molecule has 0 aliphatic carbocycles. The Labute approximate surface area is 433 Å². The molecule has 0 saturated carbocycles. The number of benzene rings is 6. The Bertz CT molecular complexity index is 3640. The van der Waals surface area contributed by atoms with E-state index in [0.717, 1.165) is 75.6 Å². The van der Waals surface area contributed by atoms with Crippen LogP contribution in [0, 0.1) is 0 Å². The second-order valence-electron chi connectivity index (χ2n) is 17.3. The molecule has 0 saturated heterocycles. The molecule has 14 heteroatoms. The number of aromatic nitrogens is 10. The van der Waals surface area contributed by atoms with Crippen LogP contribution in [-0.4, -0.2) is 49.8 Å². The van der Waals surface area contributed by atoms with Crippen molar-refractivity contribution in [1.29, 1.82) is 0 Å². The minimum atomic E-state index is 0.407. The van der Waals surface area contributed by atoms with Gasteiger partial charge in [0, 0.05) is 66.9 Å². The second-order valence-corrected chi connectivity index (χ2v) is 19.5. The Morgan fingerprint density at radius 3 is 0.824 bits per heavy atom. The summed E-state index contributed by atoms with van der Waals surface area (Å²) in [5.74, 6) is 2.49. The Balaban J connectivity index is 1.14. The molecular formula is C60H36N12S2. The summed E-state index contributed by atoms with van der Waals surface area (Å²) in [6.07, 6.45) is 6.99. The van der Waals surface area contributed by atoms with Crippen molar-refractivity contribution in [2.24, 2.45) is 0 Å². The molecule has 74 heavy (non-hydrogen) atoms. The van der Waals surface area contributed by atoms with Crippen LogP contribution in [0.3, 0.4) is 0 Å². The summed E-state index contributed by atoms with van der Waals surface area (Å²) in [4.78, 5) is 59.5. The number of pyridine rings is 4. The van der Waals surface area contributed by atoms with Gasteiger partial charge < -0.3 is 9.80 Å². The van der Waals surface area contributed by atoms with Crippen molar-refractivity contribution in [3.63, 3.8) is 0 Å². The van der Waals surface area contributed by atoms with Crippen molar-refractivity contribution in [1.82, 2.24) is 49.8 Å². The maximum absolute atomic E-state index is 5.34. The minimum Gasteiger partial charge on any atom is -0.308 e. The Kier molecular flexibility index (Phi) is 10.7. The third-order valence-electron chi connectivity index (χ3n) is 12.7. The van der Waals surface area contributed by atoms with Gasteiger partial charge in [0.05, 0.1) is 22.7 Å². The van der Waals surface area contributed by atoms with Gasteiger partial charge in [0.25, 0.3) is 0 Å². The topological polar surface area (TPSA) is 135 Å². The molecule has 0 radical (unpaired) electrons. The van der Waals surface area contributed by atoms with Crippen LogP contribution in [0.1, 0.15) is 0 Å². The highest BCUT2D eigenvalue weighted by Gasteiger charge is 2.30. The van der Waals surface area contributed by atoms with Crippen LogP contribution in [0.4, 0.5) is 34.1 Å². The van der Waals surface area contributed by atoms with Gasteiger partial charge >= 0.3 is 0 Å². The molecular weight excluding hydrogens is 953 g/mol. The number of fused-ring (bicyclic) bond motifs is 5. The highest BCUT2D eigenvalue weighted by molar-refractivity contribution is 8.00. The summed E-state index contributed by atoms with van der Waals surface area (Å²) in [6, 6.07) is 65.8. The molecule has 0 atom stereocenters. The quantitative estimate of drug-likeness (QED) is 0.143. The fourth-order valence-electron chi connectivity index (χ4n) is 9.46. The van der Waals surface area contributed by atoms with E-state index in [9.17, 15) is 0 Å². The molecule has 0 amide bonds. The van der Waals surface area contributed by atoms with Crippen molar-refractivity contribution in [3.8, 4) is 68.8 Å². The van der Waals surface area contributed by atoms with Crippen LogP contribution in [0.2, 0.25) is 0 Å². The Hall–Kier alpha value is -9.50. The van der Waals surface area contributed by atoms with Gasteiger partial charge in [0.1, 0.15) is 22.8 Å². The van der Waals surface area contributed by atoms with Crippen LogP contribution in [0.25, 0.3) is 79.6 Å². The number of hydrogen-bond donors (Lipinski definition) is 0. The van der Waals surface area contributed by atoms with E-state index in [1.54, 1.807) is 48.3 Å². The van der Waals surface area contributed by atoms with Gasteiger partial charge in [-0.05, 0) is 132 Å². The highest BCUT2D eigenvalue weighted by Crippen LogP contribution is 2.55. The molecule has 0 N–H and O–H groups in total. The summed E-state index contributed by atoms with van der Waals surface area (Å²) in [6.45, 7) is 0. The summed E-state index contributed by atoms with van der Waals surface area (Å²) >= 11 is 3.51. The van der Waals surface area contributed by atoms with Crippen molar-refractivity contribution >= 4 is 68.4 Å². The highest BCUT2D eigenvalue weighted by atomic mass is 32.2. The first-order valence-corrected chi connectivity index (χ1v) is 25.4. The predicted octanol–water partition coefficient (Wildman–Crippen LogP) is 14.7. The molecule has 0 spiro atoms. The molecule has 0 unspecified atom stereocenters. The van der Waals surface area contributed by atoms with E-state index in [2.05, 4.69) is 131 Å². The lowest BCUT2D eigenvalue weighted by molar-refractivity contribution is 1.04. The van der Waals surface area contributed by atoms with Gasteiger partial charge in [0.15, 0.2) is 34.9 Å². The fraction of sp³-hybridized carbons (Fsp3) is 0. The maximum atomic E-state index is 5.34. The molecule has 2 aliphatic heterocycles. The zero-order chi connectivity index (χ0) is 49.0. The molecule has 0 fully saturated rings.